The Bertz CT molecular complexity index is 842. The van der Waals surface area contributed by atoms with Gasteiger partial charge in [-0.15, -0.1) is 0 Å². The molecule has 2 heterocycles. The number of aliphatic hydroxyl groups excluding tert-OH is 1. The smallest absolute Gasteiger partial charge is 0.243 e. The molecule has 0 radical (unpaired) electrons. The van der Waals surface area contributed by atoms with Crippen LogP contribution in [-0.2, 0) is 19.9 Å². The number of hydrogen-bond acceptors (Lipinski definition) is 5. The van der Waals surface area contributed by atoms with Crippen LogP contribution in [-0.4, -0.2) is 76.1 Å². The third kappa shape index (κ3) is 3.96. The number of hydrogen-bond donors (Lipinski definition) is 2. The fraction of sp³-hybridized carbons (Fsp3) is 0.647. The molecule has 7 nitrogen and oxygen atoms in total. The van der Waals surface area contributed by atoms with Gasteiger partial charge in [-0.25, -0.2) is 16.8 Å². The van der Waals surface area contributed by atoms with Crippen LogP contribution in [0.15, 0.2) is 29.2 Å². The predicted octanol–water partition coefficient (Wildman–Crippen LogP) is -1.14. The topological polar surface area (TPSA) is 96.2 Å². The Morgan fingerprint density at radius 2 is 1.69 bits per heavy atom. The maximum atomic E-state index is 12.8. The van der Waals surface area contributed by atoms with Crippen LogP contribution in [0.25, 0.3) is 0 Å². The molecule has 0 saturated carbocycles. The molecule has 0 aromatic heterocycles. The van der Waals surface area contributed by atoms with Crippen LogP contribution in [0.2, 0.25) is 0 Å². The number of aliphatic hydroxyl groups is 1. The fourth-order valence-electron chi connectivity index (χ4n) is 3.78. The van der Waals surface area contributed by atoms with Crippen LogP contribution in [0.4, 0.5) is 0 Å². The Kier molecular flexibility index (Phi) is 5.47. The molecule has 2 fully saturated rings. The Hall–Kier alpha value is -1.00. The molecule has 2 saturated heterocycles. The lowest BCUT2D eigenvalue weighted by atomic mass is 10.0. The molecule has 9 heteroatoms. The number of nitrogens with zero attached hydrogens (tertiary/aromatic N) is 1. The van der Waals surface area contributed by atoms with Crippen molar-refractivity contribution in [3.63, 3.8) is 0 Å². The summed E-state index contributed by atoms with van der Waals surface area (Å²) in [7, 11) is -6.74. The number of sulfone groups is 1. The zero-order chi connectivity index (χ0) is 19.1. The maximum Gasteiger partial charge on any atom is 0.243 e. The standard InChI is InChI=1S/C17H26N2O5S2/c1-13(2)14-3-5-15(6-4-14)26(23,24)19-9-7-18(8-10-19)16-11-25(21,22)12-17(16)20/h3-6,13,16-17,20H,7-12H2,1-2H3/p+1/t16-,17+/m1/s1. The highest BCUT2D eigenvalue weighted by molar-refractivity contribution is 7.91. The number of quaternary nitrogens is 1. The van der Waals surface area contributed by atoms with Gasteiger partial charge >= 0.3 is 0 Å². The van der Waals surface area contributed by atoms with Gasteiger partial charge < -0.3 is 10.0 Å². The van der Waals surface area contributed by atoms with E-state index in [2.05, 4.69) is 13.8 Å². The molecular weight excluding hydrogens is 376 g/mol. The van der Waals surface area contributed by atoms with Gasteiger partial charge in [-0.1, -0.05) is 26.0 Å². The Morgan fingerprint density at radius 3 is 2.15 bits per heavy atom. The van der Waals surface area contributed by atoms with Crippen molar-refractivity contribution in [1.29, 1.82) is 0 Å². The van der Waals surface area contributed by atoms with Gasteiger partial charge in [0, 0.05) is 0 Å². The summed E-state index contributed by atoms with van der Waals surface area (Å²) < 4.78 is 50.5. The monoisotopic (exact) mass is 403 g/mol. The second-order valence-electron chi connectivity index (χ2n) is 7.54. The van der Waals surface area contributed by atoms with E-state index in [1.54, 1.807) is 12.1 Å². The van der Waals surface area contributed by atoms with E-state index in [0.29, 0.717) is 32.1 Å². The molecule has 0 spiro atoms. The quantitative estimate of drug-likeness (QED) is 0.662. The van der Waals surface area contributed by atoms with Gasteiger partial charge in [-0.3, -0.25) is 0 Å². The van der Waals surface area contributed by atoms with E-state index >= 15 is 0 Å². The average molecular weight is 404 g/mol. The van der Waals surface area contributed by atoms with Crippen LogP contribution in [0.1, 0.15) is 25.3 Å². The van der Waals surface area contributed by atoms with E-state index in [1.165, 1.54) is 4.31 Å². The molecule has 0 amide bonds. The number of rotatable bonds is 4. The minimum Gasteiger partial charge on any atom is -0.386 e. The first-order valence-corrected chi connectivity index (χ1v) is 12.2. The lowest BCUT2D eigenvalue weighted by Gasteiger charge is -2.35. The first-order valence-electron chi connectivity index (χ1n) is 8.93. The first-order chi connectivity index (χ1) is 12.1. The SMILES string of the molecule is CC(C)c1ccc(S(=O)(=O)N2CC[NH+]([C@@H]3CS(=O)(=O)C[C@@H]3O)CC2)cc1. The highest BCUT2D eigenvalue weighted by Gasteiger charge is 2.44. The normalized spacial score (nSPS) is 27.8. The van der Waals surface area contributed by atoms with E-state index in [1.807, 2.05) is 12.1 Å². The summed E-state index contributed by atoms with van der Waals surface area (Å²) in [5.74, 6) is 0.131. The van der Waals surface area contributed by atoms with Gasteiger partial charge in [0.1, 0.15) is 17.9 Å². The maximum absolute atomic E-state index is 12.8. The summed E-state index contributed by atoms with van der Waals surface area (Å²) in [6.45, 7) is 5.77. The van der Waals surface area contributed by atoms with Gasteiger partial charge in [0.2, 0.25) is 10.0 Å². The van der Waals surface area contributed by atoms with Gasteiger partial charge in [0.25, 0.3) is 0 Å². The molecule has 2 aliphatic heterocycles. The summed E-state index contributed by atoms with van der Waals surface area (Å²) in [6.07, 6.45) is -0.860. The second-order valence-corrected chi connectivity index (χ2v) is 11.6. The molecule has 146 valence electrons. The Morgan fingerprint density at radius 1 is 1.12 bits per heavy atom. The number of nitrogens with one attached hydrogen (secondary N) is 1. The van der Waals surface area contributed by atoms with Crippen LogP contribution in [0.5, 0.6) is 0 Å². The molecule has 3 rings (SSSR count). The molecule has 2 atom stereocenters. The molecule has 1 aromatic carbocycles. The van der Waals surface area contributed by atoms with Crippen molar-refractivity contribution in [2.75, 3.05) is 37.7 Å². The number of piperazine rings is 1. The summed E-state index contributed by atoms with van der Waals surface area (Å²) in [5, 5.41) is 10.0. The molecule has 2 aliphatic rings. The third-order valence-corrected chi connectivity index (χ3v) is 9.03. The number of sulfonamides is 1. The van der Waals surface area contributed by atoms with Gasteiger partial charge in [0.15, 0.2) is 9.84 Å². The molecule has 0 bridgehead atoms. The van der Waals surface area contributed by atoms with Crippen molar-refractivity contribution in [2.24, 2.45) is 0 Å². The number of benzene rings is 1. The fourth-order valence-corrected chi connectivity index (χ4v) is 7.11. The van der Waals surface area contributed by atoms with Crippen LogP contribution in [0.3, 0.4) is 0 Å². The third-order valence-electron chi connectivity index (χ3n) is 5.40. The molecule has 0 unspecified atom stereocenters. The second kappa shape index (κ2) is 7.20. The molecular formula is C17H27N2O5S2+. The van der Waals surface area contributed by atoms with E-state index < -0.39 is 26.0 Å². The van der Waals surface area contributed by atoms with E-state index in [4.69, 9.17) is 0 Å². The zero-order valence-electron chi connectivity index (χ0n) is 15.1. The van der Waals surface area contributed by atoms with Crippen LogP contribution >= 0.6 is 0 Å². The predicted molar refractivity (Wildman–Crippen MR) is 98.4 cm³/mol. The van der Waals surface area contributed by atoms with Crippen LogP contribution < -0.4 is 4.90 Å². The largest absolute Gasteiger partial charge is 0.386 e. The van der Waals surface area contributed by atoms with E-state index in [-0.39, 0.29) is 22.4 Å². The molecule has 26 heavy (non-hydrogen) atoms. The average Bonchev–Trinajstić information content (AvgIpc) is 2.87. The van der Waals surface area contributed by atoms with E-state index in [0.717, 1.165) is 10.5 Å². The van der Waals surface area contributed by atoms with Crippen molar-refractivity contribution in [3.8, 4) is 0 Å². The Labute approximate surface area is 155 Å². The first kappa shape index (κ1) is 19.8. The lowest BCUT2D eigenvalue weighted by molar-refractivity contribution is -0.928. The van der Waals surface area contributed by atoms with Crippen molar-refractivity contribution in [2.45, 2.75) is 36.8 Å². The van der Waals surface area contributed by atoms with Crippen molar-refractivity contribution >= 4 is 19.9 Å². The highest BCUT2D eigenvalue weighted by atomic mass is 32.2. The minimum absolute atomic E-state index is 0.0209. The minimum atomic E-state index is -3.55. The van der Waals surface area contributed by atoms with Crippen molar-refractivity contribution < 1.29 is 26.8 Å². The van der Waals surface area contributed by atoms with Gasteiger partial charge in [0.05, 0.1) is 36.8 Å². The highest BCUT2D eigenvalue weighted by Crippen LogP contribution is 2.20. The molecule has 1 aromatic rings. The molecule has 0 aliphatic carbocycles. The lowest BCUT2D eigenvalue weighted by Crippen LogP contribution is -3.19. The van der Waals surface area contributed by atoms with Crippen LogP contribution in [0, 0.1) is 0 Å². The summed E-state index contributed by atoms with van der Waals surface area (Å²) >= 11 is 0. The molecule has 2 N–H and O–H groups in total. The zero-order valence-corrected chi connectivity index (χ0v) is 16.8. The Balaban J connectivity index is 1.67. The van der Waals surface area contributed by atoms with Gasteiger partial charge in [-0.05, 0) is 23.6 Å². The van der Waals surface area contributed by atoms with E-state index in [9.17, 15) is 21.9 Å². The van der Waals surface area contributed by atoms with Gasteiger partial charge in [-0.2, -0.15) is 4.31 Å². The van der Waals surface area contributed by atoms with Crippen molar-refractivity contribution in [1.82, 2.24) is 4.31 Å². The summed E-state index contributed by atoms with van der Waals surface area (Å²) in [5.41, 5.74) is 1.09. The van der Waals surface area contributed by atoms with Crippen molar-refractivity contribution in [3.05, 3.63) is 29.8 Å². The summed E-state index contributed by atoms with van der Waals surface area (Å²) in [6, 6.07) is 6.64. The summed E-state index contributed by atoms with van der Waals surface area (Å²) in [4.78, 5) is 1.26.